The summed E-state index contributed by atoms with van der Waals surface area (Å²) >= 11 is 5.12. The van der Waals surface area contributed by atoms with Crippen LogP contribution in [0, 0.1) is 24.7 Å². The highest BCUT2D eigenvalue weighted by molar-refractivity contribution is 7.80. The third kappa shape index (κ3) is 3.69. The zero-order valence-electron chi connectivity index (χ0n) is 12.8. The third-order valence-electron chi connectivity index (χ3n) is 3.69. The number of nitrogens with one attached hydrogen (secondary N) is 1. The number of hydrogen-bond donors (Lipinski definition) is 2. The highest BCUT2D eigenvalue weighted by Crippen LogP contribution is 2.23. The summed E-state index contributed by atoms with van der Waals surface area (Å²) < 4.78 is 1.82. The van der Waals surface area contributed by atoms with Crippen LogP contribution in [0.4, 0.5) is 5.82 Å². The molecule has 0 aromatic carbocycles. The Morgan fingerprint density at radius 2 is 1.84 bits per heavy atom. The molecule has 1 aromatic rings. The number of aryl methyl sites for hydroxylation is 2. The van der Waals surface area contributed by atoms with Crippen molar-refractivity contribution in [3.8, 4) is 0 Å². The van der Waals surface area contributed by atoms with E-state index in [1.807, 2.05) is 18.7 Å². The van der Waals surface area contributed by atoms with Gasteiger partial charge in [-0.2, -0.15) is 5.10 Å². The molecular formula is C14H26N4S. The van der Waals surface area contributed by atoms with Crippen molar-refractivity contribution < 1.29 is 0 Å². The fourth-order valence-corrected chi connectivity index (χ4v) is 2.86. The molecule has 108 valence electrons. The zero-order chi connectivity index (χ0) is 14.7. The number of hydrogen-bond acceptors (Lipinski definition) is 3. The molecule has 0 unspecified atom stereocenters. The normalized spacial score (nSPS) is 11.6. The van der Waals surface area contributed by atoms with E-state index in [4.69, 9.17) is 18.0 Å². The highest BCUT2D eigenvalue weighted by atomic mass is 32.1. The average Bonchev–Trinajstić information content (AvgIpc) is 2.52. The molecule has 0 saturated heterocycles. The van der Waals surface area contributed by atoms with Gasteiger partial charge in [0.15, 0.2) is 0 Å². The molecular weight excluding hydrogens is 256 g/mol. The first kappa shape index (κ1) is 16.0. The number of rotatable bonds is 6. The fraction of sp³-hybridized carbons (Fsp3) is 0.714. The van der Waals surface area contributed by atoms with E-state index < -0.39 is 0 Å². The van der Waals surface area contributed by atoms with Gasteiger partial charge in [0.2, 0.25) is 0 Å². The monoisotopic (exact) mass is 282 g/mol. The minimum absolute atomic E-state index is 0.402. The maximum atomic E-state index is 5.79. The van der Waals surface area contributed by atoms with E-state index >= 15 is 0 Å². The Labute approximate surface area is 121 Å². The SMILES string of the molecule is Cc1nn(C)c(NCC(C(C)C)C(C)C)c1C(N)=S. The van der Waals surface area contributed by atoms with Gasteiger partial charge < -0.3 is 11.1 Å². The Morgan fingerprint density at radius 3 is 2.26 bits per heavy atom. The molecule has 0 atom stereocenters. The van der Waals surface area contributed by atoms with Crippen molar-refractivity contribution in [2.24, 2.45) is 30.5 Å². The molecule has 0 bridgehead atoms. The molecule has 5 heteroatoms. The number of nitrogens with two attached hydrogens (primary N) is 1. The van der Waals surface area contributed by atoms with Gasteiger partial charge in [0.1, 0.15) is 10.8 Å². The van der Waals surface area contributed by atoms with Gasteiger partial charge in [-0.05, 0) is 24.7 Å². The van der Waals surface area contributed by atoms with Gasteiger partial charge in [-0.25, -0.2) is 0 Å². The van der Waals surface area contributed by atoms with Gasteiger partial charge >= 0.3 is 0 Å². The topological polar surface area (TPSA) is 55.9 Å². The van der Waals surface area contributed by atoms with Gasteiger partial charge in [0, 0.05) is 13.6 Å². The summed E-state index contributed by atoms with van der Waals surface area (Å²) in [4.78, 5) is 0.402. The second-order valence-electron chi connectivity index (χ2n) is 5.83. The van der Waals surface area contributed by atoms with Crippen LogP contribution in [-0.4, -0.2) is 21.3 Å². The molecule has 0 aliphatic carbocycles. The lowest BCUT2D eigenvalue weighted by Crippen LogP contribution is -2.26. The van der Waals surface area contributed by atoms with Crippen molar-refractivity contribution in [3.05, 3.63) is 11.3 Å². The van der Waals surface area contributed by atoms with E-state index in [1.165, 1.54) is 0 Å². The summed E-state index contributed by atoms with van der Waals surface area (Å²) in [7, 11) is 1.91. The van der Waals surface area contributed by atoms with Crippen LogP contribution in [0.5, 0.6) is 0 Å². The standard InChI is InChI=1S/C14H26N4S/c1-8(2)11(9(3)4)7-16-14-12(13(15)19)10(5)17-18(14)6/h8-9,11,16H,7H2,1-6H3,(H2,15,19). The third-order valence-corrected chi connectivity index (χ3v) is 3.89. The minimum Gasteiger partial charge on any atom is -0.389 e. The Morgan fingerprint density at radius 1 is 1.32 bits per heavy atom. The average molecular weight is 282 g/mol. The maximum absolute atomic E-state index is 5.79. The first-order chi connectivity index (χ1) is 8.75. The van der Waals surface area contributed by atoms with E-state index in [9.17, 15) is 0 Å². The van der Waals surface area contributed by atoms with E-state index in [1.54, 1.807) is 0 Å². The Kier molecular flexibility index (Phi) is 5.35. The molecule has 1 rings (SSSR count). The van der Waals surface area contributed by atoms with Crippen LogP contribution in [0.3, 0.4) is 0 Å². The number of aromatic nitrogens is 2. The van der Waals surface area contributed by atoms with Crippen LogP contribution in [0.25, 0.3) is 0 Å². The number of thiocarbonyl (C=S) groups is 1. The predicted molar refractivity (Wildman–Crippen MR) is 85.5 cm³/mol. The van der Waals surface area contributed by atoms with Crippen LogP contribution in [0.2, 0.25) is 0 Å². The lowest BCUT2D eigenvalue weighted by Gasteiger charge is -2.25. The summed E-state index contributed by atoms with van der Waals surface area (Å²) in [6, 6.07) is 0. The molecule has 0 aliphatic rings. The zero-order valence-corrected chi connectivity index (χ0v) is 13.6. The predicted octanol–water partition coefficient (Wildman–Crippen LogP) is 2.70. The smallest absolute Gasteiger partial charge is 0.134 e. The number of anilines is 1. The lowest BCUT2D eigenvalue weighted by molar-refractivity contribution is 0.304. The molecule has 0 amide bonds. The van der Waals surface area contributed by atoms with Gasteiger partial charge in [-0.3, -0.25) is 4.68 Å². The molecule has 0 radical (unpaired) electrons. The Bertz CT molecular complexity index is 441. The lowest BCUT2D eigenvalue weighted by atomic mass is 9.85. The van der Waals surface area contributed by atoms with Crippen LogP contribution in [0.15, 0.2) is 0 Å². The van der Waals surface area contributed by atoms with Crippen molar-refractivity contribution in [1.29, 1.82) is 0 Å². The van der Waals surface area contributed by atoms with E-state index in [0.717, 1.165) is 23.6 Å². The molecule has 0 fully saturated rings. The molecule has 0 spiro atoms. The Hall–Kier alpha value is -1.10. The van der Waals surface area contributed by atoms with Crippen molar-refractivity contribution in [3.63, 3.8) is 0 Å². The largest absolute Gasteiger partial charge is 0.389 e. The summed E-state index contributed by atoms with van der Waals surface area (Å²) in [5.74, 6) is 2.80. The van der Waals surface area contributed by atoms with Gasteiger partial charge in [0.05, 0.1) is 11.3 Å². The fourth-order valence-electron chi connectivity index (χ4n) is 2.61. The summed E-state index contributed by atoms with van der Waals surface area (Å²) in [5, 5.41) is 7.87. The second-order valence-corrected chi connectivity index (χ2v) is 6.27. The van der Waals surface area contributed by atoms with Crippen molar-refractivity contribution in [2.45, 2.75) is 34.6 Å². The van der Waals surface area contributed by atoms with Crippen LogP contribution >= 0.6 is 12.2 Å². The van der Waals surface area contributed by atoms with Gasteiger partial charge in [0.25, 0.3) is 0 Å². The van der Waals surface area contributed by atoms with E-state index in [-0.39, 0.29) is 0 Å². The van der Waals surface area contributed by atoms with Crippen molar-refractivity contribution in [1.82, 2.24) is 9.78 Å². The van der Waals surface area contributed by atoms with Crippen LogP contribution < -0.4 is 11.1 Å². The summed E-state index contributed by atoms with van der Waals surface area (Å²) in [5.41, 5.74) is 7.54. The van der Waals surface area contributed by atoms with Crippen LogP contribution in [-0.2, 0) is 7.05 Å². The molecule has 1 heterocycles. The van der Waals surface area contributed by atoms with Crippen molar-refractivity contribution >= 4 is 23.0 Å². The summed E-state index contributed by atoms with van der Waals surface area (Å²) in [6.45, 7) is 11.9. The highest BCUT2D eigenvalue weighted by Gasteiger charge is 2.20. The van der Waals surface area contributed by atoms with E-state index in [0.29, 0.717) is 22.7 Å². The molecule has 19 heavy (non-hydrogen) atoms. The molecule has 3 N–H and O–H groups in total. The molecule has 4 nitrogen and oxygen atoms in total. The molecule has 0 saturated carbocycles. The van der Waals surface area contributed by atoms with E-state index in [2.05, 4.69) is 38.1 Å². The molecule has 1 aromatic heterocycles. The quantitative estimate of drug-likeness (QED) is 0.788. The Balaban J connectivity index is 2.91. The van der Waals surface area contributed by atoms with Crippen LogP contribution in [0.1, 0.15) is 39.0 Å². The number of nitrogens with zero attached hydrogens (tertiary/aromatic N) is 2. The van der Waals surface area contributed by atoms with Gasteiger partial charge in [-0.1, -0.05) is 39.9 Å². The first-order valence-corrected chi connectivity index (χ1v) is 7.23. The maximum Gasteiger partial charge on any atom is 0.134 e. The minimum atomic E-state index is 0.402. The first-order valence-electron chi connectivity index (χ1n) is 6.83. The second kappa shape index (κ2) is 6.37. The van der Waals surface area contributed by atoms with Gasteiger partial charge in [-0.15, -0.1) is 0 Å². The summed E-state index contributed by atoms with van der Waals surface area (Å²) in [6.07, 6.45) is 0. The van der Waals surface area contributed by atoms with Crippen molar-refractivity contribution in [2.75, 3.05) is 11.9 Å². The molecule has 0 aliphatic heterocycles.